The second-order valence-corrected chi connectivity index (χ2v) is 5.53. The molecular formula is C15H24N2O. The van der Waals surface area contributed by atoms with Crippen LogP contribution in [-0.4, -0.2) is 23.2 Å². The zero-order chi connectivity index (χ0) is 13.1. The van der Waals surface area contributed by atoms with Gasteiger partial charge in [-0.25, -0.2) is 4.98 Å². The van der Waals surface area contributed by atoms with Crippen LogP contribution in [0.3, 0.4) is 0 Å². The highest BCUT2D eigenvalue weighted by atomic mass is 16.3. The summed E-state index contributed by atoms with van der Waals surface area (Å²) in [5, 5.41) is 9.85. The number of rotatable bonds is 3. The van der Waals surface area contributed by atoms with Crippen molar-refractivity contribution in [3.63, 3.8) is 0 Å². The van der Waals surface area contributed by atoms with Gasteiger partial charge < -0.3 is 10.0 Å². The van der Waals surface area contributed by atoms with Crippen LogP contribution in [0, 0.1) is 5.92 Å². The van der Waals surface area contributed by atoms with Gasteiger partial charge >= 0.3 is 0 Å². The fraction of sp³-hybridized carbons (Fsp3) is 0.667. The fourth-order valence-corrected chi connectivity index (χ4v) is 3.06. The van der Waals surface area contributed by atoms with Crippen LogP contribution in [0.2, 0.25) is 0 Å². The van der Waals surface area contributed by atoms with Crippen molar-refractivity contribution in [2.45, 2.75) is 51.7 Å². The van der Waals surface area contributed by atoms with Crippen molar-refractivity contribution in [3.05, 3.63) is 23.9 Å². The van der Waals surface area contributed by atoms with Gasteiger partial charge in [-0.15, -0.1) is 0 Å². The number of anilines is 1. The summed E-state index contributed by atoms with van der Waals surface area (Å²) >= 11 is 0. The largest absolute Gasteiger partial charge is 0.389 e. The van der Waals surface area contributed by atoms with Crippen molar-refractivity contribution < 1.29 is 5.11 Å². The van der Waals surface area contributed by atoms with Gasteiger partial charge in [-0.2, -0.15) is 0 Å². The van der Waals surface area contributed by atoms with Crippen molar-refractivity contribution in [1.29, 1.82) is 0 Å². The van der Waals surface area contributed by atoms with Crippen LogP contribution >= 0.6 is 0 Å². The van der Waals surface area contributed by atoms with Gasteiger partial charge in [0.05, 0.1) is 6.10 Å². The topological polar surface area (TPSA) is 36.4 Å². The molecule has 1 aliphatic rings. The molecule has 1 aromatic rings. The molecule has 3 heteroatoms. The Morgan fingerprint density at radius 1 is 1.39 bits per heavy atom. The van der Waals surface area contributed by atoms with Gasteiger partial charge in [0, 0.05) is 24.8 Å². The predicted octanol–water partition coefficient (Wildman–Crippen LogP) is 3.15. The Bertz CT molecular complexity index is 392. The van der Waals surface area contributed by atoms with Crippen LogP contribution in [0.15, 0.2) is 18.3 Å². The predicted molar refractivity (Wildman–Crippen MR) is 74.7 cm³/mol. The molecule has 0 radical (unpaired) electrons. The second-order valence-electron chi connectivity index (χ2n) is 5.53. The number of hydrogen-bond donors (Lipinski definition) is 1. The third-order valence-electron chi connectivity index (χ3n) is 4.16. The van der Waals surface area contributed by atoms with Crippen LogP contribution < -0.4 is 4.90 Å². The van der Waals surface area contributed by atoms with E-state index in [1.165, 1.54) is 25.7 Å². The maximum atomic E-state index is 9.85. The zero-order valence-corrected chi connectivity index (χ0v) is 11.6. The Kier molecular flexibility index (Phi) is 4.23. The molecule has 18 heavy (non-hydrogen) atoms. The number of pyridine rings is 1. The second kappa shape index (κ2) is 5.70. The lowest BCUT2D eigenvalue weighted by Crippen LogP contribution is -2.40. The maximum Gasteiger partial charge on any atom is 0.134 e. The summed E-state index contributed by atoms with van der Waals surface area (Å²) in [4.78, 5) is 6.75. The van der Waals surface area contributed by atoms with Gasteiger partial charge in [-0.05, 0) is 31.7 Å². The van der Waals surface area contributed by atoms with E-state index in [2.05, 4.69) is 23.9 Å². The number of aliphatic hydroxyl groups excluding tert-OH is 1. The SMILES string of the molecule is CC(O)c1cccnc1N(C)C1CCCCC1C. The van der Waals surface area contributed by atoms with Gasteiger partial charge in [-0.3, -0.25) is 0 Å². The Labute approximate surface area is 110 Å². The number of aliphatic hydroxyl groups is 1. The molecule has 3 nitrogen and oxygen atoms in total. The number of aromatic nitrogens is 1. The van der Waals surface area contributed by atoms with Crippen molar-refractivity contribution in [3.8, 4) is 0 Å². The monoisotopic (exact) mass is 248 g/mol. The van der Waals surface area contributed by atoms with Gasteiger partial charge in [0.25, 0.3) is 0 Å². The van der Waals surface area contributed by atoms with Crippen LogP contribution in [0.4, 0.5) is 5.82 Å². The lowest BCUT2D eigenvalue weighted by molar-refractivity contribution is 0.198. The van der Waals surface area contributed by atoms with E-state index >= 15 is 0 Å². The quantitative estimate of drug-likeness (QED) is 0.892. The minimum atomic E-state index is -0.463. The van der Waals surface area contributed by atoms with E-state index in [9.17, 15) is 5.11 Å². The molecule has 100 valence electrons. The molecule has 1 aromatic heterocycles. The molecule has 0 saturated heterocycles. The van der Waals surface area contributed by atoms with E-state index in [1.807, 2.05) is 18.3 Å². The molecule has 1 heterocycles. The molecule has 3 atom stereocenters. The molecule has 0 spiro atoms. The van der Waals surface area contributed by atoms with E-state index in [1.54, 1.807) is 6.92 Å². The van der Waals surface area contributed by atoms with Crippen molar-refractivity contribution in [2.24, 2.45) is 5.92 Å². The zero-order valence-electron chi connectivity index (χ0n) is 11.6. The van der Waals surface area contributed by atoms with Gasteiger partial charge in [0.1, 0.15) is 5.82 Å². The van der Waals surface area contributed by atoms with Crippen LogP contribution in [-0.2, 0) is 0 Å². The first-order chi connectivity index (χ1) is 8.61. The van der Waals surface area contributed by atoms with Gasteiger partial charge in [0.2, 0.25) is 0 Å². The first-order valence-electron chi connectivity index (χ1n) is 6.97. The normalized spacial score (nSPS) is 25.8. The van der Waals surface area contributed by atoms with Crippen molar-refractivity contribution in [2.75, 3.05) is 11.9 Å². The highest BCUT2D eigenvalue weighted by molar-refractivity contribution is 5.48. The van der Waals surface area contributed by atoms with E-state index in [-0.39, 0.29) is 0 Å². The first-order valence-corrected chi connectivity index (χ1v) is 6.97. The van der Waals surface area contributed by atoms with E-state index < -0.39 is 6.10 Å². The molecule has 3 unspecified atom stereocenters. The Hall–Kier alpha value is -1.09. The van der Waals surface area contributed by atoms with Gasteiger partial charge in [0.15, 0.2) is 0 Å². The molecular weight excluding hydrogens is 224 g/mol. The molecule has 1 aliphatic carbocycles. The molecule has 0 aliphatic heterocycles. The lowest BCUT2D eigenvalue weighted by Gasteiger charge is -2.38. The molecule has 0 aromatic carbocycles. The summed E-state index contributed by atoms with van der Waals surface area (Å²) in [7, 11) is 2.11. The Morgan fingerprint density at radius 2 is 2.11 bits per heavy atom. The highest BCUT2D eigenvalue weighted by Crippen LogP contribution is 2.32. The summed E-state index contributed by atoms with van der Waals surface area (Å²) in [6, 6.07) is 4.41. The lowest BCUT2D eigenvalue weighted by atomic mass is 9.85. The summed E-state index contributed by atoms with van der Waals surface area (Å²) < 4.78 is 0. The fourth-order valence-electron chi connectivity index (χ4n) is 3.06. The Morgan fingerprint density at radius 3 is 2.78 bits per heavy atom. The molecule has 0 bridgehead atoms. The standard InChI is InChI=1S/C15H24N2O/c1-11-7-4-5-9-14(11)17(3)15-13(12(2)18)8-6-10-16-15/h6,8,10-12,14,18H,4-5,7,9H2,1-3H3. The summed E-state index contributed by atoms with van der Waals surface area (Å²) in [6.07, 6.45) is 6.52. The summed E-state index contributed by atoms with van der Waals surface area (Å²) in [6.45, 7) is 4.13. The van der Waals surface area contributed by atoms with E-state index in [4.69, 9.17) is 0 Å². The summed E-state index contributed by atoms with van der Waals surface area (Å²) in [5.74, 6) is 1.64. The maximum absolute atomic E-state index is 9.85. The molecule has 1 saturated carbocycles. The molecule has 1 fully saturated rings. The minimum Gasteiger partial charge on any atom is -0.389 e. The average Bonchev–Trinajstić information content (AvgIpc) is 2.38. The first kappa shape index (κ1) is 13.3. The third kappa shape index (κ3) is 2.66. The van der Waals surface area contributed by atoms with Crippen LogP contribution in [0.1, 0.15) is 51.2 Å². The van der Waals surface area contributed by atoms with Gasteiger partial charge in [-0.1, -0.05) is 25.8 Å². The third-order valence-corrected chi connectivity index (χ3v) is 4.16. The molecule has 0 amide bonds. The smallest absolute Gasteiger partial charge is 0.134 e. The minimum absolute atomic E-state index is 0.463. The summed E-state index contributed by atoms with van der Waals surface area (Å²) in [5.41, 5.74) is 0.928. The van der Waals surface area contributed by atoms with Crippen LogP contribution in [0.25, 0.3) is 0 Å². The molecule has 1 N–H and O–H groups in total. The highest BCUT2D eigenvalue weighted by Gasteiger charge is 2.27. The average molecular weight is 248 g/mol. The Balaban J connectivity index is 2.24. The van der Waals surface area contributed by atoms with Crippen molar-refractivity contribution >= 4 is 5.82 Å². The van der Waals surface area contributed by atoms with Crippen molar-refractivity contribution in [1.82, 2.24) is 4.98 Å². The number of hydrogen-bond acceptors (Lipinski definition) is 3. The molecule has 2 rings (SSSR count). The van der Waals surface area contributed by atoms with E-state index in [0.717, 1.165) is 11.4 Å². The van der Waals surface area contributed by atoms with Crippen LogP contribution in [0.5, 0.6) is 0 Å². The van der Waals surface area contributed by atoms with E-state index in [0.29, 0.717) is 12.0 Å². The number of nitrogens with zero attached hydrogens (tertiary/aromatic N) is 2.